The van der Waals surface area contributed by atoms with Crippen LogP contribution in [-0.2, 0) is 0 Å². The van der Waals surface area contributed by atoms with Gasteiger partial charge in [0.2, 0.25) is 5.82 Å². The Morgan fingerprint density at radius 3 is 2.74 bits per heavy atom. The number of rotatable bonds is 6. The molecular weight excluding hydrogens is 246 g/mol. The second-order valence-electron chi connectivity index (χ2n) is 4.58. The number of hydrogen-bond donors (Lipinski definition) is 1. The van der Waals surface area contributed by atoms with Crippen molar-refractivity contribution in [3.8, 4) is 6.07 Å². The monoisotopic (exact) mass is 263 g/mol. The fourth-order valence-electron chi connectivity index (χ4n) is 1.71. The molecule has 0 unspecified atom stereocenters. The highest BCUT2D eigenvalue weighted by molar-refractivity contribution is 5.58. The minimum atomic E-state index is -0.561. The van der Waals surface area contributed by atoms with Gasteiger partial charge in [-0.1, -0.05) is 13.8 Å². The lowest BCUT2D eigenvalue weighted by molar-refractivity contribution is -0.384. The van der Waals surface area contributed by atoms with E-state index >= 15 is 0 Å². The normalized spacial score (nSPS) is 10.2. The Hall–Kier alpha value is -2.36. The van der Waals surface area contributed by atoms with Crippen LogP contribution in [0, 0.1) is 27.4 Å². The molecule has 0 saturated heterocycles. The van der Waals surface area contributed by atoms with Crippen molar-refractivity contribution in [2.45, 2.75) is 20.3 Å². The van der Waals surface area contributed by atoms with Gasteiger partial charge in [-0.2, -0.15) is 5.26 Å². The largest absolute Gasteiger partial charge is 0.378 e. The Morgan fingerprint density at radius 1 is 1.58 bits per heavy atom. The zero-order chi connectivity index (χ0) is 14.4. The molecule has 1 rings (SSSR count). The minimum absolute atomic E-state index is 0.104. The number of aromatic nitrogens is 1. The predicted octanol–water partition coefficient (Wildman–Crippen LogP) is 1.95. The number of nitriles is 1. The van der Waals surface area contributed by atoms with Crippen molar-refractivity contribution in [1.82, 2.24) is 4.98 Å². The van der Waals surface area contributed by atoms with E-state index in [2.05, 4.69) is 11.1 Å². The fraction of sp³-hybridized carbons (Fsp3) is 0.500. The van der Waals surface area contributed by atoms with Crippen LogP contribution >= 0.6 is 0 Å². The number of pyridine rings is 1. The van der Waals surface area contributed by atoms with Gasteiger partial charge < -0.3 is 10.6 Å². The molecule has 0 aliphatic heterocycles. The fourth-order valence-corrected chi connectivity index (χ4v) is 1.71. The summed E-state index contributed by atoms with van der Waals surface area (Å²) in [6, 6.07) is 4.98. The van der Waals surface area contributed by atoms with E-state index in [0.717, 1.165) is 0 Å². The van der Waals surface area contributed by atoms with Crippen molar-refractivity contribution in [3.05, 3.63) is 22.2 Å². The lowest BCUT2D eigenvalue weighted by atomic mass is 10.2. The SMILES string of the molecule is CC(C)CN(CCC#N)c1ccc([N+](=O)[O-])c(N)n1. The standard InChI is InChI=1S/C12H17N5O2/c1-9(2)8-16(7-3-6-13)11-5-4-10(17(18)19)12(14)15-11/h4-5,9H,3,7-8H2,1-2H3,(H2,14,15). The molecule has 7 heteroatoms. The average molecular weight is 263 g/mol. The van der Waals surface area contributed by atoms with E-state index in [1.807, 2.05) is 18.7 Å². The minimum Gasteiger partial charge on any atom is -0.378 e. The molecule has 0 aliphatic rings. The van der Waals surface area contributed by atoms with Crippen LogP contribution in [0.15, 0.2) is 12.1 Å². The first kappa shape index (κ1) is 14.7. The van der Waals surface area contributed by atoms with Gasteiger partial charge in [0.25, 0.3) is 0 Å². The van der Waals surface area contributed by atoms with E-state index in [1.165, 1.54) is 6.07 Å². The summed E-state index contributed by atoms with van der Waals surface area (Å²) in [6.45, 7) is 5.34. The third kappa shape index (κ3) is 4.10. The Morgan fingerprint density at radius 2 is 2.26 bits per heavy atom. The Bertz CT molecular complexity index is 495. The Kier molecular flexibility index (Phi) is 5.06. The van der Waals surface area contributed by atoms with Crippen LogP contribution in [0.5, 0.6) is 0 Å². The maximum absolute atomic E-state index is 10.7. The van der Waals surface area contributed by atoms with Gasteiger partial charge in [-0.25, -0.2) is 4.98 Å². The van der Waals surface area contributed by atoms with Gasteiger partial charge in [0.1, 0.15) is 5.82 Å². The lowest BCUT2D eigenvalue weighted by Gasteiger charge is -2.24. The van der Waals surface area contributed by atoms with Crippen molar-refractivity contribution < 1.29 is 4.92 Å². The second kappa shape index (κ2) is 6.54. The summed E-state index contributed by atoms with van der Waals surface area (Å²) in [6.07, 6.45) is 0.366. The molecule has 0 amide bonds. The molecule has 1 aromatic heterocycles. The van der Waals surface area contributed by atoms with Crippen LogP contribution in [0.4, 0.5) is 17.3 Å². The van der Waals surface area contributed by atoms with Crippen molar-refractivity contribution in [2.24, 2.45) is 5.92 Å². The van der Waals surface area contributed by atoms with Crippen LogP contribution in [0.2, 0.25) is 0 Å². The van der Waals surface area contributed by atoms with E-state index in [4.69, 9.17) is 11.0 Å². The number of nitrogens with zero attached hydrogens (tertiary/aromatic N) is 4. The third-order valence-corrected chi connectivity index (χ3v) is 2.49. The smallest absolute Gasteiger partial charge is 0.311 e. The van der Waals surface area contributed by atoms with Gasteiger partial charge in [-0.3, -0.25) is 10.1 Å². The van der Waals surface area contributed by atoms with Crippen LogP contribution < -0.4 is 10.6 Å². The summed E-state index contributed by atoms with van der Waals surface area (Å²) >= 11 is 0. The molecule has 0 fully saturated rings. The molecule has 0 aromatic carbocycles. The maximum Gasteiger partial charge on any atom is 0.311 e. The highest BCUT2D eigenvalue weighted by Gasteiger charge is 2.16. The molecule has 0 spiro atoms. The highest BCUT2D eigenvalue weighted by Crippen LogP contribution is 2.23. The number of hydrogen-bond acceptors (Lipinski definition) is 6. The summed E-state index contributed by atoms with van der Waals surface area (Å²) in [7, 11) is 0. The molecule has 102 valence electrons. The summed E-state index contributed by atoms with van der Waals surface area (Å²) < 4.78 is 0. The molecule has 0 radical (unpaired) electrons. The molecule has 0 aliphatic carbocycles. The van der Waals surface area contributed by atoms with Crippen molar-refractivity contribution in [1.29, 1.82) is 5.26 Å². The van der Waals surface area contributed by atoms with Gasteiger partial charge in [0.05, 0.1) is 17.4 Å². The van der Waals surface area contributed by atoms with Gasteiger partial charge in [-0.05, 0) is 12.0 Å². The quantitative estimate of drug-likeness (QED) is 0.620. The van der Waals surface area contributed by atoms with Gasteiger partial charge in [0, 0.05) is 19.2 Å². The summed E-state index contributed by atoms with van der Waals surface area (Å²) in [5, 5.41) is 19.3. The third-order valence-electron chi connectivity index (χ3n) is 2.49. The summed E-state index contributed by atoms with van der Waals surface area (Å²) in [5.41, 5.74) is 5.37. The van der Waals surface area contributed by atoms with Crippen LogP contribution in [0.25, 0.3) is 0 Å². The van der Waals surface area contributed by atoms with E-state index in [-0.39, 0.29) is 11.5 Å². The zero-order valence-corrected chi connectivity index (χ0v) is 11.0. The molecule has 0 saturated carbocycles. The Balaban J connectivity index is 2.99. The first-order valence-electron chi connectivity index (χ1n) is 5.98. The zero-order valence-electron chi connectivity index (χ0n) is 11.0. The topological polar surface area (TPSA) is 109 Å². The van der Waals surface area contributed by atoms with E-state index in [9.17, 15) is 10.1 Å². The molecule has 0 bridgehead atoms. The molecular formula is C12H17N5O2. The van der Waals surface area contributed by atoms with Crippen molar-refractivity contribution in [2.75, 3.05) is 23.7 Å². The molecule has 0 atom stereocenters. The van der Waals surface area contributed by atoms with Gasteiger partial charge in [-0.15, -0.1) is 0 Å². The van der Waals surface area contributed by atoms with Crippen LogP contribution in [0.1, 0.15) is 20.3 Å². The maximum atomic E-state index is 10.7. The molecule has 2 N–H and O–H groups in total. The van der Waals surface area contributed by atoms with Crippen molar-refractivity contribution >= 4 is 17.3 Å². The van der Waals surface area contributed by atoms with Crippen LogP contribution in [0.3, 0.4) is 0 Å². The lowest BCUT2D eigenvalue weighted by Crippen LogP contribution is -2.29. The number of nitrogens with two attached hydrogens (primary N) is 1. The number of anilines is 2. The average Bonchev–Trinajstić information content (AvgIpc) is 2.33. The van der Waals surface area contributed by atoms with E-state index in [1.54, 1.807) is 6.07 Å². The molecule has 19 heavy (non-hydrogen) atoms. The van der Waals surface area contributed by atoms with Gasteiger partial charge >= 0.3 is 5.69 Å². The summed E-state index contributed by atoms with van der Waals surface area (Å²) in [5.74, 6) is 0.845. The molecule has 1 heterocycles. The second-order valence-corrected chi connectivity index (χ2v) is 4.58. The number of nitrogen functional groups attached to an aromatic ring is 1. The van der Waals surface area contributed by atoms with E-state index in [0.29, 0.717) is 31.2 Å². The predicted molar refractivity (Wildman–Crippen MR) is 72.6 cm³/mol. The first-order valence-corrected chi connectivity index (χ1v) is 5.98. The van der Waals surface area contributed by atoms with Gasteiger partial charge in [0.15, 0.2) is 0 Å². The highest BCUT2D eigenvalue weighted by atomic mass is 16.6. The molecule has 7 nitrogen and oxygen atoms in total. The number of nitro groups is 1. The van der Waals surface area contributed by atoms with Crippen molar-refractivity contribution in [3.63, 3.8) is 0 Å². The van der Waals surface area contributed by atoms with Crippen LogP contribution in [-0.4, -0.2) is 23.0 Å². The van der Waals surface area contributed by atoms with E-state index < -0.39 is 4.92 Å². The molecule has 1 aromatic rings. The first-order chi connectivity index (χ1) is 8.95. The summed E-state index contributed by atoms with van der Waals surface area (Å²) in [4.78, 5) is 16.1. The Labute approximate surface area is 111 Å².